The Morgan fingerprint density at radius 3 is 2.40 bits per heavy atom. The van der Waals surface area contributed by atoms with Crippen LogP contribution in [0.2, 0.25) is 0 Å². The molecule has 0 atom stereocenters. The van der Waals surface area contributed by atoms with Gasteiger partial charge in [0.25, 0.3) is 11.2 Å². The van der Waals surface area contributed by atoms with Gasteiger partial charge in [0.1, 0.15) is 11.6 Å². The number of non-ortho nitro benzene ring substituents is 1. The van der Waals surface area contributed by atoms with Crippen LogP contribution < -0.4 is 5.56 Å². The topological polar surface area (TPSA) is 109 Å². The molecular weight excluding hydrogens is 382 g/mol. The molecule has 0 fully saturated rings. The van der Waals surface area contributed by atoms with Gasteiger partial charge in [-0.15, -0.1) is 0 Å². The van der Waals surface area contributed by atoms with Gasteiger partial charge in [-0.05, 0) is 47.0 Å². The minimum absolute atomic E-state index is 0.0177. The highest BCUT2D eigenvalue weighted by atomic mass is 16.6. The molecule has 30 heavy (non-hydrogen) atoms. The third kappa shape index (κ3) is 3.32. The molecule has 146 valence electrons. The van der Waals surface area contributed by atoms with Crippen molar-refractivity contribution < 1.29 is 10.0 Å². The summed E-state index contributed by atoms with van der Waals surface area (Å²) in [6.45, 7) is -0.0829. The van der Waals surface area contributed by atoms with Crippen LogP contribution in [0.4, 0.5) is 5.69 Å². The molecule has 4 rings (SSSR count). The first-order valence-corrected chi connectivity index (χ1v) is 9.07. The van der Waals surface area contributed by atoms with E-state index in [1.165, 1.54) is 34.9 Å². The van der Waals surface area contributed by atoms with Gasteiger partial charge in [-0.2, -0.15) is 5.26 Å². The van der Waals surface area contributed by atoms with Crippen LogP contribution in [0.15, 0.2) is 77.6 Å². The fourth-order valence-electron chi connectivity index (χ4n) is 3.40. The Hall–Kier alpha value is -4.28. The number of hydrogen-bond donors (Lipinski definition) is 1. The van der Waals surface area contributed by atoms with E-state index in [1.807, 2.05) is 48.5 Å². The van der Waals surface area contributed by atoms with Crippen LogP contribution >= 0.6 is 0 Å². The highest BCUT2D eigenvalue weighted by molar-refractivity contribution is 5.87. The normalized spacial score (nSPS) is 10.7. The minimum Gasteiger partial charge on any atom is -0.392 e. The molecule has 7 nitrogen and oxygen atoms in total. The van der Waals surface area contributed by atoms with E-state index < -0.39 is 10.5 Å². The fourth-order valence-corrected chi connectivity index (χ4v) is 3.40. The van der Waals surface area contributed by atoms with Gasteiger partial charge in [0, 0.05) is 23.2 Å². The van der Waals surface area contributed by atoms with Crippen LogP contribution in [0, 0.1) is 21.4 Å². The monoisotopic (exact) mass is 397 g/mol. The Kier molecular flexibility index (Phi) is 4.84. The maximum absolute atomic E-state index is 13.0. The summed E-state index contributed by atoms with van der Waals surface area (Å²) in [7, 11) is 0. The first kappa shape index (κ1) is 19.1. The number of rotatable bonds is 4. The lowest BCUT2D eigenvalue weighted by atomic mass is 10.0. The van der Waals surface area contributed by atoms with Gasteiger partial charge < -0.3 is 5.11 Å². The van der Waals surface area contributed by atoms with Crippen LogP contribution in [0.3, 0.4) is 0 Å². The zero-order chi connectivity index (χ0) is 21.3. The fraction of sp³-hybridized carbons (Fsp3) is 0.0435. The quantitative estimate of drug-likeness (QED) is 0.414. The zero-order valence-corrected chi connectivity index (χ0v) is 15.6. The second kappa shape index (κ2) is 7.62. The van der Waals surface area contributed by atoms with Gasteiger partial charge in [-0.25, -0.2) is 0 Å². The van der Waals surface area contributed by atoms with Crippen LogP contribution in [0.1, 0.15) is 11.1 Å². The summed E-state index contributed by atoms with van der Waals surface area (Å²) in [4.78, 5) is 23.4. The lowest BCUT2D eigenvalue weighted by molar-refractivity contribution is -0.384. The lowest BCUT2D eigenvalue weighted by Crippen LogP contribution is -2.21. The van der Waals surface area contributed by atoms with E-state index in [9.17, 15) is 25.3 Å². The van der Waals surface area contributed by atoms with Crippen LogP contribution in [0.5, 0.6) is 0 Å². The van der Waals surface area contributed by atoms with Gasteiger partial charge in [0.2, 0.25) is 0 Å². The standard InChI is InChI=1S/C23H15N3O4/c24-13-19-11-18-5-4-17(16-3-1-2-15(10-16)14-27)12-22(18)25(23(19)28)20-6-8-21(9-7-20)26(29)30/h1-12,27H,14H2. The van der Waals surface area contributed by atoms with E-state index in [4.69, 9.17) is 0 Å². The van der Waals surface area contributed by atoms with Crippen molar-refractivity contribution in [1.29, 1.82) is 5.26 Å². The molecule has 7 heteroatoms. The van der Waals surface area contributed by atoms with Crippen molar-refractivity contribution in [2.45, 2.75) is 6.61 Å². The number of nitro groups is 1. The van der Waals surface area contributed by atoms with E-state index in [2.05, 4.69) is 0 Å². The largest absolute Gasteiger partial charge is 0.392 e. The third-order valence-corrected chi connectivity index (χ3v) is 4.89. The van der Waals surface area contributed by atoms with E-state index in [-0.39, 0.29) is 17.9 Å². The van der Waals surface area contributed by atoms with Gasteiger partial charge in [-0.3, -0.25) is 19.5 Å². The maximum atomic E-state index is 13.0. The molecule has 0 spiro atoms. The molecule has 0 aliphatic rings. The predicted octanol–water partition coefficient (Wildman–Crippen LogP) is 3.93. The molecule has 0 aliphatic carbocycles. The van der Waals surface area contributed by atoms with Gasteiger partial charge in [0.15, 0.2) is 0 Å². The summed E-state index contributed by atoms with van der Waals surface area (Å²) in [6.07, 6.45) is 0. The Morgan fingerprint density at radius 2 is 1.73 bits per heavy atom. The Morgan fingerprint density at radius 1 is 1.00 bits per heavy atom. The van der Waals surface area contributed by atoms with Gasteiger partial charge in [-0.1, -0.05) is 30.3 Å². The molecule has 0 unspecified atom stereocenters. The van der Waals surface area contributed by atoms with E-state index in [0.717, 1.165) is 16.7 Å². The summed E-state index contributed by atoms with van der Waals surface area (Å²) in [5.41, 5.74) is 2.85. The molecule has 1 aromatic heterocycles. The van der Waals surface area contributed by atoms with Crippen molar-refractivity contribution >= 4 is 16.6 Å². The van der Waals surface area contributed by atoms with Gasteiger partial charge in [0.05, 0.1) is 17.0 Å². The summed E-state index contributed by atoms with van der Waals surface area (Å²) in [6, 6.07) is 22.0. The second-order valence-corrected chi connectivity index (χ2v) is 6.72. The van der Waals surface area contributed by atoms with E-state index in [0.29, 0.717) is 16.6 Å². The molecule has 0 saturated heterocycles. The first-order valence-electron chi connectivity index (χ1n) is 9.07. The summed E-state index contributed by atoms with van der Waals surface area (Å²) >= 11 is 0. The number of pyridine rings is 1. The van der Waals surface area contributed by atoms with E-state index >= 15 is 0 Å². The summed E-state index contributed by atoms with van der Waals surface area (Å²) in [5.74, 6) is 0. The number of fused-ring (bicyclic) bond motifs is 1. The Bertz CT molecular complexity index is 1380. The average Bonchev–Trinajstić information content (AvgIpc) is 2.78. The number of hydrogen-bond acceptors (Lipinski definition) is 5. The van der Waals surface area contributed by atoms with Crippen molar-refractivity contribution in [2.75, 3.05) is 0 Å². The zero-order valence-electron chi connectivity index (χ0n) is 15.6. The van der Waals surface area contributed by atoms with Crippen LogP contribution in [-0.2, 0) is 6.61 Å². The molecule has 0 amide bonds. The lowest BCUT2D eigenvalue weighted by Gasteiger charge is -2.13. The number of benzene rings is 3. The molecule has 0 radical (unpaired) electrons. The molecular formula is C23H15N3O4. The molecule has 1 N–H and O–H groups in total. The van der Waals surface area contributed by atoms with Crippen molar-refractivity contribution in [2.24, 2.45) is 0 Å². The highest BCUT2D eigenvalue weighted by Crippen LogP contribution is 2.27. The SMILES string of the molecule is N#Cc1cc2ccc(-c3cccc(CO)c3)cc2n(-c2ccc([N+](=O)[O-])cc2)c1=O. The summed E-state index contributed by atoms with van der Waals surface area (Å²) < 4.78 is 1.39. The molecule has 4 aromatic rings. The third-order valence-electron chi connectivity index (χ3n) is 4.89. The van der Waals surface area contributed by atoms with E-state index in [1.54, 1.807) is 0 Å². The van der Waals surface area contributed by atoms with Crippen LogP contribution in [0.25, 0.3) is 27.7 Å². The number of aliphatic hydroxyl groups excluding tert-OH is 1. The van der Waals surface area contributed by atoms with Gasteiger partial charge >= 0.3 is 0 Å². The maximum Gasteiger partial charge on any atom is 0.273 e. The molecule has 1 heterocycles. The number of aliphatic hydroxyl groups is 1. The summed E-state index contributed by atoms with van der Waals surface area (Å²) in [5, 5.41) is 30.4. The van der Waals surface area contributed by atoms with Crippen molar-refractivity contribution in [3.05, 3.63) is 104 Å². The highest BCUT2D eigenvalue weighted by Gasteiger charge is 2.13. The number of nitro benzene ring substituents is 1. The molecule has 0 saturated carbocycles. The second-order valence-electron chi connectivity index (χ2n) is 6.72. The molecule has 0 aliphatic heterocycles. The Balaban J connectivity index is 1.99. The average molecular weight is 397 g/mol. The smallest absolute Gasteiger partial charge is 0.273 e. The molecule has 0 bridgehead atoms. The number of nitrogens with zero attached hydrogens (tertiary/aromatic N) is 3. The van der Waals surface area contributed by atoms with Crippen molar-refractivity contribution in [3.8, 4) is 22.9 Å². The predicted molar refractivity (Wildman–Crippen MR) is 112 cm³/mol. The van der Waals surface area contributed by atoms with Crippen molar-refractivity contribution in [1.82, 2.24) is 4.57 Å². The Labute approximate surface area is 170 Å². The minimum atomic E-state index is -0.511. The number of aromatic nitrogens is 1. The number of nitriles is 1. The molecule has 3 aromatic carbocycles. The van der Waals surface area contributed by atoms with Crippen molar-refractivity contribution in [3.63, 3.8) is 0 Å². The van der Waals surface area contributed by atoms with Crippen LogP contribution in [-0.4, -0.2) is 14.6 Å². The first-order chi connectivity index (χ1) is 14.5.